The number of phenolic OH excluding ortho intramolecular Hbond substituents is 1. The van der Waals surface area contributed by atoms with Crippen molar-refractivity contribution in [2.45, 2.75) is 0 Å². The SMILES string of the molecule is Oc1ccccc1-c1ccc2oc(Nc3ccccc3)nc2c1. The van der Waals surface area contributed by atoms with Gasteiger partial charge in [-0.3, -0.25) is 0 Å². The first-order valence-corrected chi connectivity index (χ1v) is 7.31. The molecular formula is C19H14N2O2. The molecule has 0 aliphatic carbocycles. The molecule has 0 saturated carbocycles. The van der Waals surface area contributed by atoms with E-state index in [9.17, 15) is 5.11 Å². The molecule has 1 aromatic heterocycles. The van der Waals surface area contributed by atoms with Gasteiger partial charge < -0.3 is 14.8 Å². The third kappa shape index (κ3) is 2.62. The summed E-state index contributed by atoms with van der Waals surface area (Å²) in [6, 6.07) is 23.1. The summed E-state index contributed by atoms with van der Waals surface area (Å²) in [7, 11) is 0. The van der Waals surface area contributed by atoms with Gasteiger partial charge in [0.25, 0.3) is 6.01 Å². The molecule has 1 heterocycles. The average Bonchev–Trinajstić information content (AvgIpc) is 2.97. The van der Waals surface area contributed by atoms with Crippen molar-refractivity contribution < 1.29 is 9.52 Å². The van der Waals surface area contributed by atoms with E-state index < -0.39 is 0 Å². The minimum Gasteiger partial charge on any atom is -0.507 e. The molecule has 4 nitrogen and oxygen atoms in total. The maximum atomic E-state index is 9.98. The summed E-state index contributed by atoms with van der Waals surface area (Å²) < 4.78 is 5.71. The zero-order valence-corrected chi connectivity index (χ0v) is 12.2. The fourth-order valence-electron chi connectivity index (χ4n) is 2.51. The zero-order valence-electron chi connectivity index (χ0n) is 12.2. The van der Waals surface area contributed by atoms with E-state index in [1.54, 1.807) is 12.1 Å². The second-order valence-corrected chi connectivity index (χ2v) is 5.21. The summed E-state index contributed by atoms with van der Waals surface area (Å²) in [6.07, 6.45) is 0. The Hall–Kier alpha value is -3.27. The van der Waals surface area contributed by atoms with Crippen LogP contribution >= 0.6 is 0 Å². The topological polar surface area (TPSA) is 58.3 Å². The molecule has 0 bridgehead atoms. The van der Waals surface area contributed by atoms with Crippen LogP contribution in [0.4, 0.5) is 11.7 Å². The maximum absolute atomic E-state index is 9.98. The summed E-state index contributed by atoms with van der Waals surface area (Å²) in [6.45, 7) is 0. The number of aromatic nitrogens is 1. The molecule has 0 aliphatic heterocycles. The van der Waals surface area contributed by atoms with Gasteiger partial charge in [0.05, 0.1) is 0 Å². The highest BCUT2D eigenvalue weighted by atomic mass is 16.4. The van der Waals surface area contributed by atoms with E-state index in [1.807, 2.05) is 60.7 Å². The second-order valence-electron chi connectivity index (χ2n) is 5.21. The van der Waals surface area contributed by atoms with Crippen molar-refractivity contribution in [3.63, 3.8) is 0 Å². The first-order chi connectivity index (χ1) is 11.3. The maximum Gasteiger partial charge on any atom is 0.300 e. The predicted molar refractivity (Wildman–Crippen MR) is 90.8 cm³/mol. The fraction of sp³-hybridized carbons (Fsp3) is 0. The lowest BCUT2D eigenvalue weighted by atomic mass is 10.0. The van der Waals surface area contributed by atoms with Crippen LogP contribution in [0.5, 0.6) is 5.75 Å². The Bertz CT molecular complexity index is 961. The highest BCUT2D eigenvalue weighted by Crippen LogP contribution is 2.31. The van der Waals surface area contributed by atoms with Crippen molar-refractivity contribution >= 4 is 22.8 Å². The van der Waals surface area contributed by atoms with Crippen molar-refractivity contribution in [3.8, 4) is 16.9 Å². The second kappa shape index (κ2) is 5.50. The van der Waals surface area contributed by atoms with Gasteiger partial charge in [0.15, 0.2) is 5.58 Å². The smallest absolute Gasteiger partial charge is 0.300 e. The molecule has 0 radical (unpaired) electrons. The molecule has 112 valence electrons. The monoisotopic (exact) mass is 302 g/mol. The molecule has 0 saturated heterocycles. The summed E-state index contributed by atoms with van der Waals surface area (Å²) in [4.78, 5) is 4.46. The Kier molecular flexibility index (Phi) is 3.20. The van der Waals surface area contributed by atoms with Gasteiger partial charge in [-0.25, -0.2) is 0 Å². The van der Waals surface area contributed by atoms with Crippen LogP contribution in [0.2, 0.25) is 0 Å². The molecule has 3 aromatic carbocycles. The molecular weight excluding hydrogens is 288 g/mol. The van der Waals surface area contributed by atoms with Crippen molar-refractivity contribution in [3.05, 3.63) is 72.8 Å². The minimum atomic E-state index is 0.248. The molecule has 0 fully saturated rings. The lowest BCUT2D eigenvalue weighted by Gasteiger charge is -2.03. The number of nitrogens with one attached hydrogen (secondary N) is 1. The van der Waals surface area contributed by atoms with Crippen LogP contribution in [-0.4, -0.2) is 10.1 Å². The van der Waals surface area contributed by atoms with Gasteiger partial charge in [0, 0.05) is 11.3 Å². The number of benzene rings is 3. The van der Waals surface area contributed by atoms with Crippen molar-refractivity contribution in [2.24, 2.45) is 0 Å². The number of para-hydroxylation sites is 2. The number of rotatable bonds is 3. The van der Waals surface area contributed by atoms with Gasteiger partial charge in [-0.1, -0.05) is 42.5 Å². The minimum absolute atomic E-state index is 0.248. The van der Waals surface area contributed by atoms with Crippen molar-refractivity contribution in [1.82, 2.24) is 4.98 Å². The average molecular weight is 302 g/mol. The molecule has 0 amide bonds. The number of aromatic hydroxyl groups is 1. The number of phenols is 1. The van der Waals surface area contributed by atoms with Crippen molar-refractivity contribution in [2.75, 3.05) is 5.32 Å². The lowest BCUT2D eigenvalue weighted by Crippen LogP contribution is -1.88. The predicted octanol–water partition coefficient (Wildman–Crippen LogP) is 4.94. The molecule has 2 N–H and O–H groups in total. The van der Waals surface area contributed by atoms with E-state index in [1.165, 1.54) is 0 Å². The van der Waals surface area contributed by atoms with Gasteiger partial charge >= 0.3 is 0 Å². The van der Waals surface area contributed by atoms with Crippen LogP contribution in [0.25, 0.3) is 22.2 Å². The normalized spacial score (nSPS) is 10.8. The van der Waals surface area contributed by atoms with E-state index in [0.29, 0.717) is 11.6 Å². The molecule has 23 heavy (non-hydrogen) atoms. The Morgan fingerprint density at radius 2 is 1.65 bits per heavy atom. The molecule has 4 rings (SSSR count). The Labute approximate surface area is 133 Å². The molecule has 0 atom stereocenters. The van der Waals surface area contributed by atoms with Gasteiger partial charge in [-0.2, -0.15) is 4.98 Å². The van der Waals surface area contributed by atoms with Crippen molar-refractivity contribution in [1.29, 1.82) is 0 Å². The standard InChI is InChI=1S/C19H14N2O2/c22-17-9-5-4-8-15(17)13-10-11-18-16(12-13)21-19(23-18)20-14-6-2-1-3-7-14/h1-12,22H,(H,20,21). The molecule has 0 spiro atoms. The van der Waals surface area contributed by atoms with E-state index in [-0.39, 0.29) is 5.75 Å². The number of oxazole rings is 1. The Balaban J connectivity index is 1.71. The van der Waals surface area contributed by atoms with Gasteiger partial charge in [-0.15, -0.1) is 0 Å². The number of nitrogens with zero attached hydrogens (tertiary/aromatic N) is 1. The highest BCUT2D eigenvalue weighted by molar-refractivity contribution is 5.83. The summed E-state index contributed by atoms with van der Waals surface area (Å²) in [5.41, 5.74) is 4.02. The van der Waals surface area contributed by atoms with Crippen LogP contribution in [0.3, 0.4) is 0 Å². The number of hydrogen-bond acceptors (Lipinski definition) is 4. The van der Waals surface area contributed by atoms with E-state index in [0.717, 1.165) is 22.3 Å². The fourth-order valence-corrected chi connectivity index (χ4v) is 2.51. The van der Waals surface area contributed by atoms with Gasteiger partial charge in [0.2, 0.25) is 0 Å². The summed E-state index contributed by atoms with van der Waals surface area (Å²) in [5, 5.41) is 13.1. The lowest BCUT2D eigenvalue weighted by molar-refractivity contribution is 0.477. The first kappa shape index (κ1) is 13.4. The molecule has 4 heteroatoms. The highest BCUT2D eigenvalue weighted by Gasteiger charge is 2.09. The molecule has 4 aromatic rings. The third-order valence-electron chi connectivity index (χ3n) is 3.63. The zero-order chi connectivity index (χ0) is 15.6. The van der Waals surface area contributed by atoms with Gasteiger partial charge in [0.1, 0.15) is 11.3 Å². The van der Waals surface area contributed by atoms with E-state index in [2.05, 4.69) is 10.3 Å². The van der Waals surface area contributed by atoms with Crippen LogP contribution < -0.4 is 5.32 Å². The molecule has 0 unspecified atom stereocenters. The van der Waals surface area contributed by atoms with E-state index in [4.69, 9.17) is 4.42 Å². The Morgan fingerprint density at radius 1 is 0.870 bits per heavy atom. The third-order valence-corrected chi connectivity index (χ3v) is 3.63. The quantitative estimate of drug-likeness (QED) is 0.562. The van der Waals surface area contributed by atoms with Gasteiger partial charge in [-0.05, 0) is 35.9 Å². The first-order valence-electron chi connectivity index (χ1n) is 7.31. The summed E-state index contributed by atoms with van der Waals surface area (Å²) in [5.74, 6) is 0.248. The Morgan fingerprint density at radius 3 is 2.48 bits per heavy atom. The number of anilines is 2. The van der Waals surface area contributed by atoms with Crippen LogP contribution in [-0.2, 0) is 0 Å². The number of fused-ring (bicyclic) bond motifs is 1. The summed E-state index contributed by atoms with van der Waals surface area (Å²) >= 11 is 0. The largest absolute Gasteiger partial charge is 0.507 e. The van der Waals surface area contributed by atoms with Crippen LogP contribution in [0, 0.1) is 0 Å². The van der Waals surface area contributed by atoms with Crippen LogP contribution in [0.1, 0.15) is 0 Å². The van der Waals surface area contributed by atoms with Crippen LogP contribution in [0.15, 0.2) is 77.2 Å². The molecule has 0 aliphatic rings. The van der Waals surface area contributed by atoms with E-state index >= 15 is 0 Å². The number of hydrogen-bond donors (Lipinski definition) is 2.